The van der Waals surface area contributed by atoms with Gasteiger partial charge in [0, 0.05) is 44.1 Å². The monoisotopic (exact) mass is 667 g/mol. The molecule has 47 heavy (non-hydrogen) atoms. The smallest absolute Gasteiger partial charge is 0.339 e. The number of amides is 2. The summed E-state index contributed by atoms with van der Waals surface area (Å²) in [4.78, 5) is 38.2. The normalized spacial score (nSPS) is 19.3. The highest BCUT2D eigenvalue weighted by Gasteiger charge is 2.39. The lowest BCUT2D eigenvalue weighted by Crippen LogP contribution is -2.58. The average molecular weight is 668 g/mol. The van der Waals surface area contributed by atoms with Gasteiger partial charge in [0.25, 0.3) is 5.91 Å². The first-order valence-corrected chi connectivity index (χ1v) is 16.4. The zero-order valence-electron chi connectivity index (χ0n) is 26.3. The molecule has 0 aliphatic carbocycles. The molecule has 3 aromatic carbocycles. The number of aryl methyl sites for hydroxylation is 1. The molecule has 1 saturated heterocycles. The fraction of sp³-hybridized carbons (Fsp3) is 0.364. The van der Waals surface area contributed by atoms with Gasteiger partial charge < -0.3 is 34.3 Å². The summed E-state index contributed by atoms with van der Waals surface area (Å²) < 4.78 is 56.9. The number of fused-ring (bicyclic) bond motifs is 9. The average Bonchev–Trinajstić information content (AvgIpc) is 3.09. The predicted octanol–water partition coefficient (Wildman–Crippen LogP) is 2.46. The number of nitrogens with one attached hydrogen (secondary N) is 2. The van der Waals surface area contributed by atoms with E-state index < -0.39 is 40.7 Å². The minimum atomic E-state index is -4.18. The Kier molecular flexibility index (Phi) is 10.5. The molecule has 3 aliphatic heterocycles. The zero-order valence-corrected chi connectivity index (χ0v) is 27.1. The van der Waals surface area contributed by atoms with Crippen molar-refractivity contribution in [3.8, 4) is 23.0 Å². The number of hydrogen-bond acceptors (Lipinski definition) is 10. The summed E-state index contributed by atoms with van der Waals surface area (Å²) in [5.74, 6) is 0.206. The van der Waals surface area contributed by atoms with E-state index in [2.05, 4.69) is 10.6 Å². The fourth-order valence-corrected chi connectivity index (χ4v) is 7.21. The molecule has 0 aromatic heterocycles. The van der Waals surface area contributed by atoms with Crippen LogP contribution in [-0.2, 0) is 37.3 Å². The van der Waals surface area contributed by atoms with Crippen molar-refractivity contribution in [1.82, 2.24) is 14.9 Å². The van der Waals surface area contributed by atoms with Gasteiger partial charge >= 0.3 is 5.97 Å². The van der Waals surface area contributed by atoms with E-state index in [9.17, 15) is 22.8 Å². The SMILES string of the molecule is COC(=O)c1ccccc1S(=O)(=O)N1CC[C@@H]2Oc3ccc(c(OC)c3)CNC(=O)CCc3ccc(OC)c(c3)OCC(=O)N[C@@H]2C1. The molecule has 2 N–H and O–H groups in total. The number of nitrogens with zero attached hydrogens (tertiary/aromatic N) is 1. The molecule has 250 valence electrons. The van der Waals surface area contributed by atoms with Gasteiger partial charge in [-0.3, -0.25) is 9.59 Å². The van der Waals surface area contributed by atoms with E-state index in [1.807, 2.05) is 6.07 Å². The lowest BCUT2D eigenvalue weighted by Gasteiger charge is -2.38. The number of rotatable bonds is 5. The fourth-order valence-electron chi connectivity index (χ4n) is 5.55. The van der Waals surface area contributed by atoms with E-state index in [4.69, 9.17) is 23.7 Å². The first kappa shape index (κ1) is 33.5. The first-order valence-electron chi connectivity index (χ1n) is 15.0. The molecule has 3 heterocycles. The largest absolute Gasteiger partial charge is 0.496 e. The van der Waals surface area contributed by atoms with Gasteiger partial charge in [-0.25, -0.2) is 13.2 Å². The van der Waals surface area contributed by atoms with Crippen LogP contribution in [-0.4, -0.2) is 83.7 Å². The van der Waals surface area contributed by atoms with E-state index in [1.165, 1.54) is 43.8 Å². The topological polar surface area (TPSA) is 159 Å². The number of piperidine rings is 1. The van der Waals surface area contributed by atoms with Gasteiger partial charge in [-0.2, -0.15) is 4.31 Å². The van der Waals surface area contributed by atoms with E-state index in [1.54, 1.807) is 36.4 Å². The minimum Gasteiger partial charge on any atom is -0.496 e. The second-order valence-corrected chi connectivity index (χ2v) is 12.9. The molecule has 3 aromatic rings. The maximum Gasteiger partial charge on any atom is 0.339 e. The second-order valence-electron chi connectivity index (χ2n) is 11.0. The summed E-state index contributed by atoms with van der Waals surface area (Å²) in [6, 6.07) is 15.4. The van der Waals surface area contributed by atoms with E-state index in [0.29, 0.717) is 29.4 Å². The minimum absolute atomic E-state index is 0.0522. The molecule has 6 rings (SSSR count). The van der Waals surface area contributed by atoms with Crippen LogP contribution in [0.2, 0.25) is 0 Å². The van der Waals surface area contributed by atoms with Crippen LogP contribution in [0.15, 0.2) is 65.6 Å². The summed E-state index contributed by atoms with van der Waals surface area (Å²) in [5, 5.41) is 5.81. The quantitative estimate of drug-likeness (QED) is 0.387. The molecule has 2 atom stereocenters. The molecule has 13 nitrogen and oxygen atoms in total. The number of ether oxygens (including phenoxy) is 5. The molecular formula is C33H37N3O10S. The molecule has 14 heteroatoms. The number of hydrogen-bond donors (Lipinski definition) is 2. The maximum atomic E-state index is 13.9. The van der Waals surface area contributed by atoms with E-state index >= 15 is 0 Å². The highest BCUT2D eigenvalue weighted by Crippen LogP contribution is 2.31. The summed E-state index contributed by atoms with van der Waals surface area (Å²) in [6.45, 7) is -0.254. The van der Waals surface area contributed by atoms with Gasteiger partial charge in [-0.15, -0.1) is 0 Å². The number of methoxy groups -OCH3 is 3. The number of carbonyl (C=O) groups is 3. The number of carbonyl (C=O) groups excluding carboxylic acids is 3. The third kappa shape index (κ3) is 7.77. The molecule has 1 fully saturated rings. The van der Waals surface area contributed by atoms with Gasteiger partial charge in [-0.1, -0.05) is 18.2 Å². The van der Waals surface area contributed by atoms with Crippen molar-refractivity contribution in [2.45, 2.75) is 42.8 Å². The maximum absolute atomic E-state index is 13.9. The van der Waals surface area contributed by atoms with Crippen LogP contribution in [0.4, 0.5) is 0 Å². The van der Waals surface area contributed by atoms with E-state index in [0.717, 1.165) is 11.1 Å². The van der Waals surface area contributed by atoms with Gasteiger partial charge in [0.1, 0.15) is 17.6 Å². The molecular weight excluding hydrogens is 630 g/mol. The summed E-state index contributed by atoms with van der Waals surface area (Å²) >= 11 is 0. The van der Waals surface area contributed by atoms with Crippen molar-refractivity contribution >= 4 is 27.8 Å². The Bertz CT molecular complexity index is 1750. The third-order valence-electron chi connectivity index (χ3n) is 8.02. The molecule has 2 amide bonds. The van der Waals surface area contributed by atoms with Crippen LogP contribution in [0.3, 0.4) is 0 Å². The van der Waals surface area contributed by atoms with Crippen molar-refractivity contribution in [2.24, 2.45) is 0 Å². The van der Waals surface area contributed by atoms with Crippen LogP contribution in [0.25, 0.3) is 0 Å². The van der Waals surface area contributed by atoms with Gasteiger partial charge in [-0.05, 0) is 48.4 Å². The highest BCUT2D eigenvalue weighted by atomic mass is 32.2. The van der Waals surface area contributed by atoms with Crippen molar-refractivity contribution in [3.63, 3.8) is 0 Å². The molecule has 3 aliphatic rings. The number of esters is 1. The van der Waals surface area contributed by atoms with Crippen LogP contribution < -0.4 is 29.6 Å². The Hall–Kier alpha value is -4.82. The molecule has 0 spiro atoms. The zero-order chi connectivity index (χ0) is 33.6. The summed E-state index contributed by atoms with van der Waals surface area (Å²) in [5.41, 5.74) is 1.46. The van der Waals surface area contributed by atoms with Gasteiger partial charge in [0.05, 0.1) is 37.8 Å². The van der Waals surface area contributed by atoms with Crippen molar-refractivity contribution in [3.05, 3.63) is 77.4 Å². The molecule has 0 unspecified atom stereocenters. The number of benzene rings is 3. The molecule has 0 radical (unpaired) electrons. The third-order valence-corrected chi connectivity index (χ3v) is 9.94. The summed E-state index contributed by atoms with van der Waals surface area (Å²) in [7, 11) is -0.00887. The van der Waals surface area contributed by atoms with Crippen molar-refractivity contribution in [2.75, 3.05) is 41.0 Å². The lowest BCUT2D eigenvalue weighted by molar-refractivity contribution is -0.125. The molecule has 4 bridgehead atoms. The Morgan fingerprint density at radius 2 is 1.72 bits per heavy atom. The lowest BCUT2D eigenvalue weighted by atomic mass is 10.0. The van der Waals surface area contributed by atoms with E-state index in [-0.39, 0.29) is 48.8 Å². The van der Waals surface area contributed by atoms with Crippen LogP contribution in [0, 0.1) is 0 Å². The number of sulfonamides is 1. The van der Waals surface area contributed by atoms with Crippen molar-refractivity contribution in [1.29, 1.82) is 0 Å². The highest BCUT2D eigenvalue weighted by molar-refractivity contribution is 7.89. The first-order chi connectivity index (χ1) is 22.6. The Morgan fingerprint density at radius 1 is 0.936 bits per heavy atom. The molecule has 0 saturated carbocycles. The predicted molar refractivity (Wildman–Crippen MR) is 169 cm³/mol. The van der Waals surface area contributed by atoms with Crippen molar-refractivity contribution < 1.29 is 46.5 Å². The second kappa shape index (κ2) is 14.7. The Balaban J connectivity index is 1.46. The van der Waals surface area contributed by atoms with Gasteiger partial charge in [0.15, 0.2) is 18.1 Å². The Labute approximate surface area is 273 Å². The van der Waals surface area contributed by atoms with Crippen LogP contribution >= 0.6 is 0 Å². The van der Waals surface area contributed by atoms with Crippen LogP contribution in [0.5, 0.6) is 23.0 Å². The van der Waals surface area contributed by atoms with Crippen LogP contribution in [0.1, 0.15) is 34.3 Å². The Morgan fingerprint density at radius 3 is 2.49 bits per heavy atom. The van der Waals surface area contributed by atoms with Gasteiger partial charge in [0.2, 0.25) is 15.9 Å². The standard InChI is InChI=1S/C33H37N3O10S/c1-42-27-12-8-21-9-13-31(37)34-18-22-10-11-23(17-28(22)43-2)46-26-14-15-36(19-25(26)35-32(38)20-45-29(27)16-21)47(40,41)30-7-5-4-6-24(30)33(39)44-3/h4-8,10-12,16-17,25-26H,9,13-15,18-20H2,1-3H3,(H,34,37)(H,35,38)/t25-,26+/m1/s1. The summed E-state index contributed by atoms with van der Waals surface area (Å²) in [6.07, 6.45) is 0.218.